The van der Waals surface area contributed by atoms with Gasteiger partial charge in [-0.05, 0) is 31.2 Å². The molecule has 0 saturated carbocycles. The van der Waals surface area contributed by atoms with Gasteiger partial charge in [0.05, 0.1) is 11.8 Å². The first-order valence-electron chi connectivity index (χ1n) is 8.44. The highest BCUT2D eigenvalue weighted by molar-refractivity contribution is 5.93. The third-order valence-corrected chi connectivity index (χ3v) is 4.08. The summed E-state index contributed by atoms with van der Waals surface area (Å²) in [6.07, 6.45) is 1.67. The van der Waals surface area contributed by atoms with E-state index in [-0.39, 0.29) is 30.2 Å². The van der Waals surface area contributed by atoms with Crippen molar-refractivity contribution in [2.24, 2.45) is 0 Å². The van der Waals surface area contributed by atoms with Gasteiger partial charge in [-0.1, -0.05) is 12.1 Å². The molecule has 27 heavy (non-hydrogen) atoms. The number of aryl methyl sites for hydroxylation is 1. The number of aromatic nitrogens is 1. The first-order chi connectivity index (χ1) is 13.0. The van der Waals surface area contributed by atoms with Crippen LogP contribution in [0.4, 0.5) is 18.9 Å². The van der Waals surface area contributed by atoms with Gasteiger partial charge in [-0.15, -0.1) is 0 Å². The van der Waals surface area contributed by atoms with E-state index in [2.05, 4.69) is 4.98 Å². The minimum absolute atomic E-state index is 0.0596. The lowest BCUT2D eigenvalue weighted by molar-refractivity contribution is -0.118. The molecule has 2 aromatic carbocycles. The minimum atomic E-state index is -1.01. The van der Waals surface area contributed by atoms with Crippen molar-refractivity contribution in [3.63, 3.8) is 0 Å². The van der Waals surface area contributed by atoms with Gasteiger partial charge in [-0.2, -0.15) is 0 Å². The van der Waals surface area contributed by atoms with E-state index in [4.69, 9.17) is 4.42 Å². The quantitative estimate of drug-likeness (QED) is 0.626. The molecular weight excluding hydrogens is 357 g/mol. The van der Waals surface area contributed by atoms with Gasteiger partial charge in [0.15, 0.2) is 23.3 Å². The van der Waals surface area contributed by atoms with E-state index in [1.165, 1.54) is 23.2 Å². The summed E-state index contributed by atoms with van der Waals surface area (Å²) < 4.78 is 45.8. The maximum Gasteiger partial charge on any atom is 0.227 e. The normalized spacial score (nSPS) is 10.8. The fourth-order valence-electron chi connectivity index (χ4n) is 2.72. The molecule has 1 amide bonds. The van der Waals surface area contributed by atoms with Crippen LogP contribution in [0.3, 0.4) is 0 Å². The molecule has 0 aliphatic carbocycles. The molecule has 7 heteroatoms. The van der Waals surface area contributed by atoms with Crippen molar-refractivity contribution in [2.75, 3.05) is 11.4 Å². The number of nitrogens with zero attached hydrogens (tertiary/aromatic N) is 2. The Kier molecular flexibility index (Phi) is 5.59. The monoisotopic (exact) mass is 374 g/mol. The van der Waals surface area contributed by atoms with Crippen molar-refractivity contribution in [3.05, 3.63) is 72.0 Å². The second kappa shape index (κ2) is 8.07. The Hall–Kier alpha value is -3.09. The van der Waals surface area contributed by atoms with Gasteiger partial charge in [-0.3, -0.25) is 4.79 Å². The van der Waals surface area contributed by atoms with E-state index in [0.29, 0.717) is 18.0 Å². The number of halogens is 3. The lowest BCUT2D eigenvalue weighted by Gasteiger charge is -2.21. The lowest BCUT2D eigenvalue weighted by Crippen LogP contribution is -2.30. The zero-order valence-electron chi connectivity index (χ0n) is 14.6. The van der Waals surface area contributed by atoms with Crippen molar-refractivity contribution >= 4 is 11.6 Å². The zero-order chi connectivity index (χ0) is 19.4. The summed E-state index contributed by atoms with van der Waals surface area (Å²) in [7, 11) is 0. The molecule has 0 bridgehead atoms. The molecule has 0 saturated heterocycles. The van der Waals surface area contributed by atoms with Crippen LogP contribution in [0, 0.1) is 17.5 Å². The maximum absolute atomic E-state index is 13.8. The Balaban J connectivity index is 1.68. The second-order valence-electron chi connectivity index (χ2n) is 5.83. The number of carbonyl (C=O) groups excluding carboxylic acids is 1. The van der Waals surface area contributed by atoms with E-state index >= 15 is 0 Å². The number of oxazole rings is 1. The van der Waals surface area contributed by atoms with Crippen LogP contribution in [0.5, 0.6) is 0 Å². The van der Waals surface area contributed by atoms with E-state index in [1.54, 1.807) is 25.1 Å². The highest BCUT2D eigenvalue weighted by atomic mass is 19.2. The van der Waals surface area contributed by atoms with Crippen molar-refractivity contribution in [2.45, 2.75) is 19.8 Å². The van der Waals surface area contributed by atoms with Gasteiger partial charge in [0.1, 0.15) is 5.82 Å². The predicted octanol–water partition coefficient (Wildman–Crippen LogP) is 4.74. The van der Waals surface area contributed by atoms with Crippen LogP contribution in [0.2, 0.25) is 0 Å². The number of rotatable bonds is 6. The van der Waals surface area contributed by atoms with Gasteiger partial charge in [0, 0.05) is 31.1 Å². The van der Waals surface area contributed by atoms with Gasteiger partial charge in [0.2, 0.25) is 5.91 Å². The fraction of sp³-hybridized carbons (Fsp3) is 0.200. The van der Waals surface area contributed by atoms with E-state index in [1.807, 2.05) is 0 Å². The number of benzene rings is 2. The zero-order valence-corrected chi connectivity index (χ0v) is 14.6. The largest absolute Gasteiger partial charge is 0.441 e. The molecule has 3 aromatic rings. The summed E-state index contributed by atoms with van der Waals surface area (Å²) in [6.45, 7) is 2.04. The molecule has 1 heterocycles. The third-order valence-electron chi connectivity index (χ3n) is 4.08. The summed E-state index contributed by atoms with van der Waals surface area (Å²) in [4.78, 5) is 17.9. The molecule has 0 fully saturated rings. The molecule has 0 atom stereocenters. The topological polar surface area (TPSA) is 46.3 Å². The van der Waals surface area contributed by atoms with E-state index in [0.717, 1.165) is 12.1 Å². The molecule has 0 unspecified atom stereocenters. The van der Waals surface area contributed by atoms with Gasteiger partial charge < -0.3 is 9.32 Å². The number of hydrogen-bond donors (Lipinski definition) is 0. The van der Waals surface area contributed by atoms with E-state index in [9.17, 15) is 18.0 Å². The Morgan fingerprint density at radius 2 is 1.85 bits per heavy atom. The molecular formula is C20H17F3N2O2. The molecule has 1 aromatic heterocycles. The molecule has 0 aliphatic heterocycles. The highest BCUT2D eigenvalue weighted by Crippen LogP contribution is 2.24. The Morgan fingerprint density at radius 3 is 2.56 bits per heavy atom. The maximum atomic E-state index is 13.8. The van der Waals surface area contributed by atoms with E-state index < -0.39 is 17.5 Å². The van der Waals surface area contributed by atoms with Gasteiger partial charge in [-0.25, -0.2) is 18.2 Å². The van der Waals surface area contributed by atoms with Gasteiger partial charge >= 0.3 is 0 Å². The Labute approximate surface area is 154 Å². The van der Waals surface area contributed by atoms with Crippen molar-refractivity contribution < 1.29 is 22.4 Å². The smallest absolute Gasteiger partial charge is 0.227 e. The van der Waals surface area contributed by atoms with Crippen LogP contribution >= 0.6 is 0 Å². The van der Waals surface area contributed by atoms with Crippen LogP contribution in [-0.4, -0.2) is 17.4 Å². The van der Waals surface area contributed by atoms with Crippen LogP contribution in [0.1, 0.15) is 19.2 Å². The standard InChI is InChI=1S/C20H17F3N2O2/c1-2-25(13-7-8-16(22)17(23)11-13)20(26)10-9-19-24-12-18(27-19)14-5-3-4-6-15(14)21/h3-8,11-12H,2,9-10H2,1H3. The van der Waals surface area contributed by atoms with Crippen molar-refractivity contribution in [1.82, 2.24) is 4.98 Å². The number of carbonyl (C=O) groups is 1. The minimum Gasteiger partial charge on any atom is -0.441 e. The lowest BCUT2D eigenvalue weighted by atomic mass is 10.2. The summed E-state index contributed by atoms with van der Waals surface area (Å²) in [5.74, 6) is -2.11. The molecule has 3 rings (SSSR count). The summed E-state index contributed by atoms with van der Waals surface area (Å²) in [5, 5.41) is 0. The summed E-state index contributed by atoms with van der Waals surface area (Å²) in [6, 6.07) is 9.47. The van der Waals surface area contributed by atoms with Crippen LogP contribution in [0.15, 0.2) is 53.1 Å². The van der Waals surface area contributed by atoms with Gasteiger partial charge in [0.25, 0.3) is 0 Å². The Morgan fingerprint density at radius 1 is 1.07 bits per heavy atom. The average Bonchev–Trinajstić information content (AvgIpc) is 3.12. The fourth-order valence-corrected chi connectivity index (χ4v) is 2.72. The summed E-state index contributed by atoms with van der Waals surface area (Å²) in [5.41, 5.74) is 0.570. The molecule has 0 N–H and O–H groups in total. The van der Waals surface area contributed by atoms with Crippen LogP contribution in [-0.2, 0) is 11.2 Å². The first kappa shape index (κ1) is 18.7. The SMILES string of the molecule is CCN(C(=O)CCc1ncc(-c2ccccc2F)o1)c1ccc(F)c(F)c1. The summed E-state index contributed by atoms with van der Waals surface area (Å²) >= 11 is 0. The van der Waals surface area contributed by atoms with Crippen LogP contribution < -0.4 is 4.90 Å². The number of amides is 1. The van der Waals surface area contributed by atoms with Crippen LogP contribution in [0.25, 0.3) is 11.3 Å². The second-order valence-corrected chi connectivity index (χ2v) is 5.83. The Bertz CT molecular complexity index is 956. The number of hydrogen-bond acceptors (Lipinski definition) is 3. The molecule has 0 radical (unpaired) electrons. The third kappa shape index (κ3) is 4.19. The molecule has 140 valence electrons. The molecule has 0 aliphatic rings. The predicted molar refractivity (Wildman–Crippen MR) is 94.6 cm³/mol. The molecule has 4 nitrogen and oxygen atoms in total. The average molecular weight is 374 g/mol. The van der Waals surface area contributed by atoms with Crippen molar-refractivity contribution in [1.29, 1.82) is 0 Å². The van der Waals surface area contributed by atoms with Crippen molar-refractivity contribution in [3.8, 4) is 11.3 Å². The molecule has 0 spiro atoms. The number of anilines is 1. The highest BCUT2D eigenvalue weighted by Gasteiger charge is 2.17. The first-order valence-corrected chi connectivity index (χ1v) is 8.44.